The van der Waals surface area contributed by atoms with Gasteiger partial charge in [-0.1, -0.05) is 19.1 Å². The Morgan fingerprint density at radius 2 is 2.03 bits per heavy atom. The van der Waals surface area contributed by atoms with Crippen molar-refractivity contribution >= 4 is 5.91 Å². The fraction of sp³-hybridized carbons (Fsp3) is 0.500. The Balaban J connectivity index is 1.56. The van der Waals surface area contributed by atoms with Crippen LogP contribution in [0.4, 0.5) is 0 Å². The third kappa shape index (κ3) is 4.86. The molecule has 2 aromatic rings. The number of benzene rings is 1. The van der Waals surface area contributed by atoms with Gasteiger partial charge in [0.1, 0.15) is 5.75 Å². The predicted octanol–water partition coefficient (Wildman–Crippen LogP) is 3.53. The summed E-state index contributed by atoms with van der Waals surface area (Å²) in [6.07, 6.45) is 7.15. The largest absolute Gasteiger partial charge is 0.508 e. The summed E-state index contributed by atoms with van der Waals surface area (Å²) in [4.78, 5) is 26.5. The molecule has 1 heterocycles. The minimum Gasteiger partial charge on any atom is -0.508 e. The summed E-state index contributed by atoms with van der Waals surface area (Å²) in [6.45, 7) is 5.24. The lowest BCUT2D eigenvalue weighted by atomic mass is 9.86. The second-order valence-corrected chi connectivity index (χ2v) is 8.16. The number of aryl methyl sites for hydroxylation is 1. The van der Waals surface area contributed by atoms with Crippen LogP contribution in [0.1, 0.15) is 55.8 Å². The molecule has 6 nitrogen and oxygen atoms in total. The molecule has 1 aliphatic rings. The van der Waals surface area contributed by atoms with Gasteiger partial charge in [0, 0.05) is 37.8 Å². The summed E-state index contributed by atoms with van der Waals surface area (Å²) >= 11 is 0. The van der Waals surface area contributed by atoms with Crippen molar-refractivity contribution in [1.29, 1.82) is 0 Å². The van der Waals surface area contributed by atoms with E-state index in [-0.39, 0.29) is 23.1 Å². The number of aromatic nitrogens is 1. The molecule has 162 valence electrons. The van der Waals surface area contributed by atoms with Crippen LogP contribution >= 0.6 is 0 Å². The lowest BCUT2D eigenvalue weighted by Crippen LogP contribution is -2.43. The first-order valence-electron chi connectivity index (χ1n) is 10.9. The number of carbonyl (C=O) groups excluding carboxylic acids is 1. The van der Waals surface area contributed by atoms with Gasteiger partial charge in [-0.15, -0.1) is 0 Å². The molecule has 6 heteroatoms. The Morgan fingerprint density at radius 3 is 2.80 bits per heavy atom. The first-order chi connectivity index (χ1) is 14.4. The molecule has 0 bridgehead atoms. The number of unbranched alkanes of at least 4 members (excludes halogenated alkanes) is 1. The van der Waals surface area contributed by atoms with Gasteiger partial charge in [0.05, 0.1) is 5.69 Å². The van der Waals surface area contributed by atoms with Crippen LogP contribution in [0.5, 0.6) is 11.5 Å². The van der Waals surface area contributed by atoms with Crippen molar-refractivity contribution < 1.29 is 15.0 Å². The molecule has 1 aromatic heterocycles. The van der Waals surface area contributed by atoms with Crippen molar-refractivity contribution in [2.24, 2.45) is 0 Å². The van der Waals surface area contributed by atoms with Crippen molar-refractivity contribution in [3.8, 4) is 11.5 Å². The number of pyridine rings is 1. The summed E-state index contributed by atoms with van der Waals surface area (Å²) in [7, 11) is 0. The highest BCUT2D eigenvalue weighted by Crippen LogP contribution is 2.31. The highest BCUT2D eigenvalue weighted by atomic mass is 16.3. The van der Waals surface area contributed by atoms with Gasteiger partial charge < -0.3 is 19.7 Å². The number of nitrogens with zero attached hydrogens (tertiary/aromatic N) is 2. The zero-order valence-electron chi connectivity index (χ0n) is 17.9. The Bertz CT molecular complexity index is 951. The van der Waals surface area contributed by atoms with Gasteiger partial charge in [0.25, 0.3) is 0 Å². The molecular weight excluding hydrogens is 380 g/mol. The Morgan fingerprint density at radius 1 is 1.23 bits per heavy atom. The van der Waals surface area contributed by atoms with E-state index < -0.39 is 0 Å². The molecule has 1 unspecified atom stereocenters. The van der Waals surface area contributed by atoms with Crippen LogP contribution in [0.2, 0.25) is 0 Å². The molecule has 0 radical (unpaired) electrons. The maximum absolute atomic E-state index is 13.0. The second-order valence-electron chi connectivity index (χ2n) is 8.16. The minimum atomic E-state index is -0.364. The average Bonchev–Trinajstić information content (AvgIpc) is 2.74. The van der Waals surface area contributed by atoms with E-state index in [1.807, 2.05) is 15.5 Å². The third-order valence-corrected chi connectivity index (χ3v) is 6.11. The molecule has 1 atom stereocenters. The number of aromatic hydroxyl groups is 2. The summed E-state index contributed by atoms with van der Waals surface area (Å²) in [5, 5.41) is 19.9. The minimum absolute atomic E-state index is 0.185. The maximum Gasteiger partial charge on any atom is 0.223 e. The highest BCUT2D eigenvalue weighted by molar-refractivity contribution is 5.76. The second kappa shape index (κ2) is 9.83. The Labute approximate surface area is 177 Å². The van der Waals surface area contributed by atoms with Gasteiger partial charge in [0.15, 0.2) is 5.75 Å². The topological polar surface area (TPSA) is 82.8 Å². The van der Waals surface area contributed by atoms with Gasteiger partial charge in [-0.2, -0.15) is 0 Å². The molecule has 0 fully saturated rings. The highest BCUT2D eigenvalue weighted by Gasteiger charge is 2.28. The molecule has 0 aliphatic heterocycles. The number of carbonyl (C=O) groups is 1. The van der Waals surface area contributed by atoms with Crippen LogP contribution in [0.15, 0.2) is 35.3 Å². The van der Waals surface area contributed by atoms with E-state index in [1.165, 1.54) is 6.07 Å². The van der Waals surface area contributed by atoms with Crippen LogP contribution in [-0.4, -0.2) is 38.2 Å². The molecule has 0 saturated carbocycles. The number of fused-ring (bicyclic) bond motifs is 1. The van der Waals surface area contributed by atoms with Crippen molar-refractivity contribution in [2.75, 3.05) is 6.54 Å². The van der Waals surface area contributed by atoms with Crippen molar-refractivity contribution in [3.05, 3.63) is 57.5 Å². The lowest BCUT2D eigenvalue weighted by molar-refractivity contribution is -0.134. The van der Waals surface area contributed by atoms with Gasteiger partial charge in [-0.25, -0.2) is 0 Å². The lowest BCUT2D eigenvalue weighted by Gasteiger charge is -2.35. The van der Waals surface area contributed by atoms with Crippen LogP contribution in [0, 0.1) is 6.92 Å². The molecule has 1 aliphatic carbocycles. The number of hydrogen-bond acceptors (Lipinski definition) is 4. The van der Waals surface area contributed by atoms with E-state index in [0.29, 0.717) is 24.4 Å². The van der Waals surface area contributed by atoms with Crippen LogP contribution in [0.3, 0.4) is 0 Å². The standard InChI is InChI=1S/C24H32N2O4/c1-3-13-26(19-10-11-20-18(16-19)7-6-8-21(20)27)23(29)9-4-5-14-25-15-12-22(28)24(30)17(25)2/h6-8,12,15,19,27,30H,3-5,9-11,13-14,16H2,1-2H3. The molecule has 2 N–H and O–H groups in total. The monoisotopic (exact) mass is 412 g/mol. The van der Waals surface area contributed by atoms with Crippen LogP contribution in [0.25, 0.3) is 0 Å². The third-order valence-electron chi connectivity index (χ3n) is 6.11. The van der Waals surface area contributed by atoms with Gasteiger partial charge in [-0.05, 0) is 62.6 Å². The number of phenols is 1. The molecule has 3 rings (SSSR count). The number of rotatable bonds is 8. The number of phenolic OH excluding ortho intramolecular Hbond substituents is 1. The van der Waals surface area contributed by atoms with Crippen LogP contribution in [-0.2, 0) is 24.2 Å². The smallest absolute Gasteiger partial charge is 0.223 e. The molecule has 0 saturated heterocycles. The summed E-state index contributed by atoms with van der Waals surface area (Å²) in [5.41, 5.74) is 2.37. The SMILES string of the molecule is CCCN(C(=O)CCCCn1ccc(=O)c(O)c1C)C1CCc2c(O)cccc2C1. The van der Waals surface area contributed by atoms with E-state index in [0.717, 1.165) is 56.2 Å². The summed E-state index contributed by atoms with van der Waals surface area (Å²) < 4.78 is 1.86. The van der Waals surface area contributed by atoms with Crippen molar-refractivity contribution in [3.63, 3.8) is 0 Å². The van der Waals surface area contributed by atoms with Crippen molar-refractivity contribution in [1.82, 2.24) is 9.47 Å². The summed E-state index contributed by atoms with van der Waals surface area (Å²) in [5.74, 6) is 0.347. The Kier molecular flexibility index (Phi) is 7.19. The first-order valence-corrected chi connectivity index (χ1v) is 10.9. The van der Waals surface area contributed by atoms with E-state index in [2.05, 4.69) is 13.0 Å². The van der Waals surface area contributed by atoms with Crippen LogP contribution < -0.4 is 5.43 Å². The maximum atomic E-state index is 13.0. The predicted molar refractivity (Wildman–Crippen MR) is 117 cm³/mol. The molecule has 1 aromatic carbocycles. The Hall–Kier alpha value is -2.76. The first kappa shape index (κ1) is 21.9. The van der Waals surface area contributed by atoms with Gasteiger partial charge in [0.2, 0.25) is 11.3 Å². The number of amides is 1. The van der Waals surface area contributed by atoms with Crippen molar-refractivity contribution in [2.45, 2.75) is 71.4 Å². The molecule has 1 amide bonds. The van der Waals surface area contributed by atoms with E-state index in [4.69, 9.17) is 0 Å². The van der Waals surface area contributed by atoms with Gasteiger partial charge >= 0.3 is 0 Å². The zero-order chi connectivity index (χ0) is 21.7. The number of hydrogen-bond donors (Lipinski definition) is 2. The summed E-state index contributed by atoms with van der Waals surface area (Å²) in [6, 6.07) is 7.22. The van der Waals surface area contributed by atoms with E-state index in [1.54, 1.807) is 19.2 Å². The molecule has 0 spiro atoms. The normalized spacial score (nSPS) is 15.6. The molecule has 30 heavy (non-hydrogen) atoms. The quantitative estimate of drug-likeness (QED) is 0.650. The van der Waals surface area contributed by atoms with E-state index in [9.17, 15) is 19.8 Å². The average molecular weight is 413 g/mol. The van der Waals surface area contributed by atoms with Gasteiger partial charge in [-0.3, -0.25) is 9.59 Å². The fourth-order valence-electron chi connectivity index (χ4n) is 4.39. The fourth-order valence-corrected chi connectivity index (χ4v) is 4.39. The van der Waals surface area contributed by atoms with E-state index >= 15 is 0 Å². The zero-order valence-corrected chi connectivity index (χ0v) is 17.9. The molecular formula is C24H32N2O4.